The first-order valence-electron chi connectivity index (χ1n) is 4.28. The lowest BCUT2D eigenvalue weighted by Crippen LogP contribution is -2.37. The van der Waals surface area contributed by atoms with Crippen molar-refractivity contribution < 1.29 is 14.7 Å². The Labute approximate surface area is 77.3 Å². The van der Waals surface area contributed by atoms with Gasteiger partial charge in [-0.2, -0.15) is 0 Å². The molecule has 0 rings (SSSR count). The molecule has 0 aromatic rings. The summed E-state index contributed by atoms with van der Waals surface area (Å²) in [6.07, 6.45) is 0.804. The van der Waals surface area contributed by atoms with E-state index in [4.69, 9.17) is 10.8 Å². The molecule has 0 fully saturated rings. The number of hydrogen-bond acceptors (Lipinski definition) is 3. The van der Waals surface area contributed by atoms with Crippen molar-refractivity contribution in [2.45, 2.75) is 32.2 Å². The maximum atomic E-state index is 11.0. The molecule has 1 unspecified atom stereocenters. The van der Waals surface area contributed by atoms with Crippen molar-refractivity contribution >= 4 is 11.8 Å². The van der Waals surface area contributed by atoms with Gasteiger partial charge in [-0.05, 0) is 6.42 Å². The second-order valence-corrected chi connectivity index (χ2v) is 2.82. The first-order chi connectivity index (χ1) is 6.10. The molecule has 0 spiro atoms. The first-order valence-corrected chi connectivity index (χ1v) is 4.28. The second-order valence-electron chi connectivity index (χ2n) is 2.82. The molecule has 5 heteroatoms. The van der Waals surface area contributed by atoms with Gasteiger partial charge in [-0.15, -0.1) is 0 Å². The van der Waals surface area contributed by atoms with E-state index in [2.05, 4.69) is 5.32 Å². The van der Waals surface area contributed by atoms with Crippen LogP contribution < -0.4 is 11.1 Å². The highest BCUT2D eigenvalue weighted by atomic mass is 16.3. The van der Waals surface area contributed by atoms with Crippen molar-refractivity contribution in [3.8, 4) is 0 Å². The molecular weight excluding hydrogens is 172 g/mol. The van der Waals surface area contributed by atoms with Crippen LogP contribution in [0.2, 0.25) is 0 Å². The monoisotopic (exact) mass is 188 g/mol. The molecule has 2 amide bonds. The Balaban J connectivity index is 3.66. The SMILES string of the molecule is CCC(CO)NC(=O)CCC(N)=O. The minimum absolute atomic E-state index is 0.0493. The van der Waals surface area contributed by atoms with E-state index in [1.54, 1.807) is 0 Å². The van der Waals surface area contributed by atoms with E-state index in [9.17, 15) is 9.59 Å². The predicted octanol–water partition coefficient (Wildman–Crippen LogP) is -0.861. The summed E-state index contributed by atoms with van der Waals surface area (Å²) in [5, 5.41) is 11.3. The molecule has 0 aliphatic rings. The van der Waals surface area contributed by atoms with Crippen LogP contribution in [0, 0.1) is 0 Å². The van der Waals surface area contributed by atoms with E-state index in [0.717, 1.165) is 0 Å². The number of rotatable bonds is 6. The number of nitrogens with two attached hydrogens (primary N) is 1. The summed E-state index contributed by atoms with van der Waals surface area (Å²) >= 11 is 0. The molecule has 0 radical (unpaired) electrons. The second kappa shape index (κ2) is 6.42. The zero-order valence-electron chi connectivity index (χ0n) is 7.75. The van der Waals surface area contributed by atoms with Gasteiger partial charge in [0.2, 0.25) is 11.8 Å². The molecule has 0 aromatic heterocycles. The van der Waals surface area contributed by atoms with Gasteiger partial charge in [-0.1, -0.05) is 6.92 Å². The Hall–Kier alpha value is -1.10. The number of primary amides is 1. The molecule has 0 saturated heterocycles. The molecule has 5 nitrogen and oxygen atoms in total. The van der Waals surface area contributed by atoms with Crippen LogP contribution in [-0.4, -0.2) is 29.6 Å². The summed E-state index contributed by atoms with van der Waals surface area (Å²) in [4.78, 5) is 21.4. The molecule has 0 saturated carbocycles. The average Bonchev–Trinajstić information content (AvgIpc) is 2.10. The van der Waals surface area contributed by atoms with Gasteiger partial charge in [-0.25, -0.2) is 0 Å². The van der Waals surface area contributed by atoms with Crippen molar-refractivity contribution in [2.24, 2.45) is 5.73 Å². The van der Waals surface area contributed by atoms with Crippen molar-refractivity contribution in [1.82, 2.24) is 5.32 Å². The van der Waals surface area contributed by atoms with Crippen molar-refractivity contribution in [3.05, 3.63) is 0 Å². The van der Waals surface area contributed by atoms with Crippen LogP contribution in [0.3, 0.4) is 0 Å². The lowest BCUT2D eigenvalue weighted by Gasteiger charge is -2.13. The Morgan fingerprint density at radius 3 is 2.46 bits per heavy atom. The highest BCUT2D eigenvalue weighted by Gasteiger charge is 2.09. The highest BCUT2D eigenvalue weighted by Crippen LogP contribution is 1.92. The van der Waals surface area contributed by atoms with Gasteiger partial charge in [0.15, 0.2) is 0 Å². The maximum absolute atomic E-state index is 11.0. The minimum Gasteiger partial charge on any atom is -0.394 e. The summed E-state index contributed by atoms with van der Waals surface area (Å²) in [6.45, 7) is 1.77. The van der Waals surface area contributed by atoms with E-state index in [1.807, 2.05) is 6.92 Å². The van der Waals surface area contributed by atoms with E-state index in [0.29, 0.717) is 6.42 Å². The van der Waals surface area contributed by atoms with Gasteiger partial charge < -0.3 is 16.2 Å². The Kier molecular flexibility index (Phi) is 5.88. The first kappa shape index (κ1) is 11.9. The number of amides is 2. The van der Waals surface area contributed by atoms with E-state index in [-0.39, 0.29) is 31.4 Å². The fraction of sp³-hybridized carbons (Fsp3) is 0.750. The van der Waals surface area contributed by atoms with E-state index in [1.165, 1.54) is 0 Å². The van der Waals surface area contributed by atoms with Gasteiger partial charge in [0.1, 0.15) is 0 Å². The number of aliphatic hydroxyl groups is 1. The Morgan fingerprint density at radius 2 is 2.08 bits per heavy atom. The van der Waals surface area contributed by atoms with Gasteiger partial charge in [0.05, 0.1) is 12.6 Å². The summed E-state index contributed by atoms with van der Waals surface area (Å²) in [5.74, 6) is -0.744. The quantitative estimate of drug-likeness (QED) is 0.506. The number of nitrogens with one attached hydrogen (secondary N) is 1. The fourth-order valence-electron chi connectivity index (χ4n) is 0.813. The number of aliphatic hydroxyl groups excluding tert-OH is 1. The number of carbonyl (C=O) groups is 2. The molecule has 13 heavy (non-hydrogen) atoms. The fourth-order valence-corrected chi connectivity index (χ4v) is 0.813. The highest BCUT2D eigenvalue weighted by molar-refractivity contribution is 5.82. The largest absolute Gasteiger partial charge is 0.394 e. The molecule has 76 valence electrons. The molecule has 0 heterocycles. The zero-order chi connectivity index (χ0) is 10.3. The maximum Gasteiger partial charge on any atom is 0.220 e. The summed E-state index contributed by atoms with van der Waals surface area (Å²) in [7, 11) is 0. The van der Waals surface area contributed by atoms with Crippen LogP contribution >= 0.6 is 0 Å². The third-order valence-electron chi connectivity index (χ3n) is 1.68. The molecule has 1 atom stereocenters. The summed E-state index contributed by atoms with van der Waals surface area (Å²) < 4.78 is 0. The molecule has 0 aliphatic heterocycles. The summed E-state index contributed by atoms with van der Waals surface area (Å²) in [6, 6.07) is -0.222. The minimum atomic E-state index is -0.493. The molecular formula is C8H16N2O3. The van der Waals surface area contributed by atoms with Crippen LogP contribution in [0.5, 0.6) is 0 Å². The Bertz CT molecular complexity index is 178. The topological polar surface area (TPSA) is 92.4 Å². The average molecular weight is 188 g/mol. The third kappa shape index (κ3) is 6.10. The smallest absolute Gasteiger partial charge is 0.220 e. The number of carbonyl (C=O) groups excluding carboxylic acids is 2. The lowest BCUT2D eigenvalue weighted by atomic mass is 10.2. The van der Waals surface area contributed by atoms with Gasteiger partial charge in [0.25, 0.3) is 0 Å². The molecule has 0 bridgehead atoms. The van der Waals surface area contributed by atoms with Gasteiger partial charge >= 0.3 is 0 Å². The zero-order valence-corrected chi connectivity index (χ0v) is 7.75. The summed E-state index contributed by atoms with van der Waals surface area (Å²) in [5.41, 5.74) is 4.87. The van der Waals surface area contributed by atoms with Crippen molar-refractivity contribution in [3.63, 3.8) is 0 Å². The van der Waals surface area contributed by atoms with Crippen LogP contribution in [-0.2, 0) is 9.59 Å². The third-order valence-corrected chi connectivity index (χ3v) is 1.68. The Morgan fingerprint density at radius 1 is 1.46 bits per heavy atom. The van der Waals surface area contributed by atoms with Crippen LogP contribution in [0.1, 0.15) is 26.2 Å². The van der Waals surface area contributed by atoms with Crippen LogP contribution in [0.4, 0.5) is 0 Å². The lowest BCUT2D eigenvalue weighted by molar-refractivity contribution is -0.125. The number of hydrogen-bond donors (Lipinski definition) is 3. The normalized spacial score (nSPS) is 12.2. The standard InChI is InChI=1S/C8H16N2O3/c1-2-6(5-11)10-8(13)4-3-7(9)12/h6,11H,2-5H2,1H3,(H2,9,12)(H,10,13). The van der Waals surface area contributed by atoms with Gasteiger partial charge in [-0.3, -0.25) is 9.59 Å². The molecule has 0 aliphatic carbocycles. The molecule has 0 aromatic carbocycles. The van der Waals surface area contributed by atoms with Crippen LogP contribution in [0.15, 0.2) is 0 Å². The van der Waals surface area contributed by atoms with Crippen molar-refractivity contribution in [2.75, 3.05) is 6.61 Å². The van der Waals surface area contributed by atoms with E-state index >= 15 is 0 Å². The van der Waals surface area contributed by atoms with E-state index < -0.39 is 5.91 Å². The predicted molar refractivity (Wildman–Crippen MR) is 47.7 cm³/mol. The van der Waals surface area contributed by atoms with Crippen LogP contribution in [0.25, 0.3) is 0 Å². The van der Waals surface area contributed by atoms with Crippen molar-refractivity contribution in [1.29, 1.82) is 0 Å². The molecule has 4 N–H and O–H groups in total. The van der Waals surface area contributed by atoms with Gasteiger partial charge in [0, 0.05) is 12.8 Å².